The van der Waals surface area contributed by atoms with Crippen LogP contribution in [0.25, 0.3) is 0 Å². The summed E-state index contributed by atoms with van der Waals surface area (Å²) in [6, 6.07) is 9.92. The van der Waals surface area contributed by atoms with E-state index >= 15 is 0 Å². The van der Waals surface area contributed by atoms with Gasteiger partial charge in [0.1, 0.15) is 6.54 Å². The van der Waals surface area contributed by atoms with E-state index in [1.807, 2.05) is 30.3 Å². The minimum atomic E-state index is -0.555. The zero-order valence-corrected chi connectivity index (χ0v) is 14.3. The first-order valence-electron chi connectivity index (χ1n) is 7.81. The second kappa shape index (κ2) is 8.06. The predicted molar refractivity (Wildman–Crippen MR) is 93.5 cm³/mol. The summed E-state index contributed by atoms with van der Waals surface area (Å²) in [7, 11) is 0. The van der Waals surface area contributed by atoms with Crippen molar-refractivity contribution in [1.29, 1.82) is 0 Å². The van der Waals surface area contributed by atoms with Crippen molar-refractivity contribution < 1.29 is 14.0 Å². The first-order valence-corrected chi connectivity index (χ1v) is 8.96. The quantitative estimate of drug-likeness (QED) is 0.812. The van der Waals surface area contributed by atoms with E-state index in [0.717, 1.165) is 23.7 Å². The van der Waals surface area contributed by atoms with Gasteiger partial charge in [-0.25, -0.2) is 14.4 Å². The number of hydrogen-bond acceptors (Lipinski definition) is 5. The largest absolute Gasteiger partial charge is 0.331 e. The van der Waals surface area contributed by atoms with Crippen LogP contribution in [0, 0.1) is 5.82 Å². The number of piperazine rings is 1. The molecule has 0 spiro atoms. The number of thioether (sulfide) groups is 1. The molecule has 1 saturated heterocycles. The van der Waals surface area contributed by atoms with Crippen molar-refractivity contribution in [3.8, 4) is 0 Å². The van der Waals surface area contributed by atoms with E-state index in [2.05, 4.69) is 9.97 Å². The molecule has 8 heteroatoms. The number of anilines is 1. The lowest BCUT2D eigenvalue weighted by molar-refractivity contribution is -0.134. The maximum absolute atomic E-state index is 12.9. The average Bonchev–Trinajstić information content (AvgIpc) is 2.63. The number of aromatic nitrogens is 2. The van der Waals surface area contributed by atoms with E-state index in [1.165, 1.54) is 16.7 Å². The van der Waals surface area contributed by atoms with Gasteiger partial charge in [0, 0.05) is 18.8 Å². The first kappa shape index (κ1) is 17.3. The van der Waals surface area contributed by atoms with Gasteiger partial charge >= 0.3 is 0 Å². The van der Waals surface area contributed by atoms with Crippen molar-refractivity contribution in [2.75, 3.05) is 30.3 Å². The Morgan fingerprint density at radius 1 is 1.16 bits per heavy atom. The van der Waals surface area contributed by atoms with Gasteiger partial charge in [0.15, 0.2) is 5.82 Å². The van der Waals surface area contributed by atoms with Gasteiger partial charge in [-0.2, -0.15) is 0 Å². The SMILES string of the molecule is O=C(CSCc1ccccc1)N1CCN(c2ncc(F)cn2)C(=O)C1. The molecule has 0 unspecified atom stereocenters. The highest BCUT2D eigenvalue weighted by Gasteiger charge is 2.29. The Morgan fingerprint density at radius 3 is 2.56 bits per heavy atom. The first-order chi connectivity index (χ1) is 12.1. The number of carbonyl (C=O) groups is 2. The van der Waals surface area contributed by atoms with E-state index in [4.69, 9.17) is 0 Å². The Kier molecular flexibility index (Phi) is 5.60. The maximum Gasteiger partial charge on any atom is 0.249 e. The van der Waals surface area contributed by atoms with E-state index in [1.54, 1.807) is 4.90 Å². The zero-order chi connectivity index (χ0) is 17.6. The van der Waals surface area contributed by atoms with Crippen molar-refractivity contribution >= 4 is 29.5 Å². The molecule has 1 fully saturated rings. The molecule has 2 heterocycles. The van der Waals surface area contributed by atoms with Crippen LogP contribution < -0.4 is 4.90 Å². The number of amides is 2. The van der Waals surface area contributed by atoms with Gasteiger partial charge in [-0.15, -0.1) is 11.8 Å². The van der Waals surface area contributed by atoms with Gasteiger partial charge in [-0.1, -0.05) is 30.3 Å². The summed E-state index contributed by atoms with van der Waals surface area (Å²) in [4.78, 5) is 35.1. The van der Waals surface area contributed by atoms with Crippen LogP contribution in [0.4, 0.5) is 10.3 Å². The van der Waals surface area contributed by atoms with E-state index < -0.39 is 5.82 Å². The molecule has 1 aliphatic heterocycles. The van der Waals surface area contributed by atoms with E-state index in [9.17, 15) is 14.0 Å². The highest BCUT2D eigenvalue weighted by Crippen LogP contribution is 2.15. The van der Waals surface area contributed by atoms with Crippen molar-refractivity contribution in [2.45, 2.75) is 5.75 Å². The summed E-state index contributed by atoms with van der Waals surface area (Å²) < 4.78 is 12.9. The molecule has 1 aromatic heterocycles. The third-order valence-corrected chi connectivity index (χ3v) is 4.75. The number of rotatable bonds is 5. The zero-order valence-electron chi connectivity index (χ0n) is 13.5. The highest BCUT2D eigenvalue weighted by molar-refractivity contribution is 7.99. The lowest BCUT2D eigenvalue weighted by Crippen LogP contribution is -2.53. The summed E-state index contributed by atoms with van der Waals surface area (Å²) in [5, 5.41) is 0. The number of nitrogens with zero attached hydrogens (tertiary/aromatic N) is 4. The maximum atomic E-state index is 12.9. The topological polar surface area (TPSA) is 66.4 Å². The Bertz CT molecular complexity index is 742. The lowest BCUT2D eigenvalue weighted by atomic mass is 10.2. The second-order valence-electron chi connectivity index (χ2n) is 5.54. The molecule has 0 N–H and O–H groups in total. The van der Waals surface area contributed by atoms with Crippen molar-refractivity contribution in [3.63, 3.8) is 0 Å². The molecular weight excluding hydrogens is 343 g/mol. The molecule has 1 aliphatic rings. The minimum Gasteiger partial charge on any atom is -0.331 e. The van der Waals surface area contributed by atoms with Gasteiger partial charge in [-0.05, 0) is 5.56 Å². The molecule has 130 valence electrons. The Hall–Kier alpha value is -2.48. The van der Waals surface area contributed by atoms with Gasteiger partial charge in [0.25, 0.3) is 0 Å². The molecule has 1 aromatic carbocycles. The Balaban J connectivity index is 1.49. The monoisotopic (exact) mass is 360 g/mol. The van der Waals surface area contributed by atoms with Crippen LogP contribution in [0.3, 0.4) is 0 Å². The van der Waals surface area contributed by atoms with Crippen LogP contribution in [0.2, 0.25) is 0 Å². The van der Waals surface area contributed by atoms with Crippen LogP contribution in [-0.4, -0.2) is 52.1 Å². The molecule has 0 atom stereocenters. The number of halogens is 1. The predicted octanol–water partition coefficient (Wildman–Crippen LogP) is 1.72. The molecule has 0 aliphatic carbocycles. The summed E-state index contributed by atoms with van der Waals surface area (Å²) in [6.07, 6.45) is 2.04. The van der Waals surface area contributed by atoms with Crippen LogP contribution in [0.1, 0.15) is 5.56 Å². The fourth-order valence-electron chi connectivity index (χ4n) is 2.46. The molecule has 2 aromatic rings. The molecule has 3 rings (SSSR count). The molecule has 0 saturated carbocycles. The molecule has 0 radical (unpaired) electrons. The van der Waals surface area contributed by atoms with Gasteiger partial charge in [0.2, 0.25) is 17.8 Å². The third-order valence-electron chi connectivity index (χ3n) is 3.76. The third kappa shape index (κ3) is 4.54. The molecule has 0 bridgehead atoms. The normalized spacial score (nSPS) is 14.7. The molecular formula is C17H17FN4O2S. The number of benzene rings is 1. The number of hydrogen-bond donors (Lipinski definition) is 0. The van der Waals surface area contributed by atoms with Crippen molar-refractivity contribution in [2.24, 2.45) is 0 Å². The fourth-order valence-corrected chi connectivity index (χ4v) is 3.35. The fraction of sp³-hybridized carbons (Fsp3) is 0.294. The van der Waals surface area contributed by atoms with E-state index in [-0.39, 0.29) is 24.3 Å². The van der Waals surface area contributed by atoms with Crippen LogP contribution in [0.5, 0.6) is 0 Å². The number of carbonyl (C=O) groups excluding carboxylic acids is 2. The summed E-state index contributed by atoms with van der Waals surface area (Å²) in [5.74, 6) is 0.365. The van der Waals surface area contributed by atoms with E-state index in [0.29, 0.717) is 18.8 Å². The molecule has 25 heavy (non-hydrogen) atoms. The summed E-state index contributed by atoms with van der Waals surface area (Å²) in [6.45, 7) is 0.711. The standard InChI is InChI=1S/C17H17FN4O2S/c18-14-8-19-17(20-9-14)22-7-6-21(10-15(22)23)16(24)12-25-11-13-4-2-1-3-5-13/h1-5,8-9H,6-7,10-12H2. The lowest BCUT2D eigenvalue weighted by Gasteiger charge is -2.32. The van der Waals surface area contributed by atoms with Gasteiger partial charge in [-0.3, -0.25) is 14.5 Å². The second-order valence-corrected chi connectivity index (χ2v) is 6.53. The van der Waals surface area contributed by atoms with Crippen molar-refractivity contribution in [1.82, 2.24) is 14.9 Å². The Morgan fingerprint density at radius 2 is 1.88 bits per heavy atom. The summed E-state index contributed by atoms with van der Waals surface area (Å²) in [5.41, 5.74) is 1.16. The average molecular weight is 360 g/mol. The molecule has 2 amide bonds. The molecule has 6 nitrogen and oxygen atoms in total. The van der Waals surface area contributed by atoms with Crippen LogP contribution in [-0.2, 0) is 15.3 Å². The van der Waals surface area contributed by atoms with Crippen LogP contribution >= 0.6 is 11.8 Å². The highest BCUT2D eigenvalue weighted by atomic mass is 32.2. The van der Waals surface area contributed by atoms with Crippen molar-refractivity contribution in [3.05, 3.63) is 54.1 Å². The van der Waals surface area contributed by atoms with Gasteiger partial charge in [0.05, 0.1) is 18.1 Å². The van der Waals surface area contributed by atoms with Crippen LogP contribution in [0.15, 0.2) is 42.7 Å². The Labute approximate surface area is 149 Å². The summed E-state index contributed by atoms with van der Waals surface area (Å²) >= 11 is 1.53. The minimum absolute atomic E-state index is 0.00847. The smallest absolute Gasteiger partial charge is 0.249 e. The van der Waals surface area contributed by atoms with Gasteiger partial charge < -0.3 is 4.90 Å².